The number of aromatic carboxylic acids is 1. The summed E-state index contributed by atoms with van der Waals surface area (Å²) in [7, 11) is 0. The summed E-state index contributed by atoms with van der Waals surface area (Å²) in [5.41, 5.74) is 6.73. The fourth-order valence-electron chi connectivity index (χ4n) is 1.91. The van der Waals surface area contributed by atoms with E-state index in [0.717, 1.165) is 5.56 Å². The maximum absolute atomic E-state index is 12.0. The molecular weight excluding hydrogens is 270 g/mol. The highest BCUT2D eigenvalue weighted by atomic mass is 16.5. The maximum atomic E-state index is 12.0. The SMILES string of the molecule is Nc1c(C(=O)O)cccc1C(=O)COCc1ccccc1. The molecule has 0 aliphatic carbocycles. The van der Waals surface area contributed by atoms with E-state index < -0.39 is 5.97 Å². The van der Waals surface area contributed by atoms with Gasteiger partial charge in [-0.3, -0.25) is 4.79 Å². The number of nitrogen functional groups attached to an aromatic ring is 1. The molecule has 2 aromatic rings. The smallest absolute Gasteiger partial charge is 0.337 e. The molecule has 0 aliphatic heterocycles. The fraction of sp³-hybridized carbons (Fsp3) is 0.125. The second kappa shape index (κ2) is 6.67. The number of benzene rings is 2. The summed E-state index contributed by atoms with van der Waals surface area (Å²) >= 11 is 0. The molecule has 3 N–H and O–H groups in total. The summed E-state index contributed by atoms with van der Waals surface area (Å²) in [5, 5.41) is 8.97. The van der Waals surface area contributed by atoms with Crippen LogP contribution in [0.4, 0.5) is 5.69 Å². The summed E-state index contributed by atoms with van der Waals surface area (Å²) in [4.78, 5) is 23.0. The van der Waals surface area contributed by atoms with Gasteiger partial charge in [0.15, 0.2) is 5.78 Å². The number of carboxylic acids is 1. The van der Waals surface area contributed by atoms with Gasteiger partial charge in [0, 0.05) is 5.56 Å². The van der Waals surface area contributed by atoms with Crippen LogP contribution in [0, 0.1) is 0 Å². The first-order chi connectivity index (χ1) is 10.1. The molecular formula is C16H15NO4. The monoisotopic (exact) mass is 285 g/mol. The number of nitrogens with two attached hydrogens (primary N) is 1. The normalized spacial score (nSPS) is 10.3. The highest BCUT2D eigenvalue weighted by Gasteiger charge is 2.16. The Morgan fingerprint density at radius 1 is 1.00 bits per heavy atom. The third-order valence-electron chi connectivity index (χ3n) is 2.98. The largest absolute Gasteiger partial charge is 0.478 e. The Hall–Kier alpha value is -2.66. The first-order valence-corrected chi connectivity index (χ1v) is 6.36. The van der Waals surface area contributed by atoms with E-state index in [2.05, 4.69) is 0 Å². The standard InChI is InChI=1S/C16H15NO4/c17-15-12(7-4-8-13(15)16(19)20)14(18)10-21-9-11-5-2-1-3-6-11/h1-8H,9-10,17H2,(H,19,20). The van der Waals surface area contributed by atoms with Crippen LogP contribution in [0.3, 0.4) is 0 Å². The van der Waals surface area contributed by atoms with Gasteiger partial charge in [0.2, 0.25) is 0 Å². The van der Waals surface area contributed by atoms with E-state index in [-0.39, 0.29) is 29.2 Å². The Bertz CT molecular complexity index is 653. The number of Topliss-reactive ketones (excluding diaryl/α,β-unsaturated/α-hetero) is 1. The predicted molar refractivity (Wildman–Crippen MR) is 78.2 cm³/mol. The van der Waals surface area contributed by atoms with Gasteiger partial charge in [-0.2, -0.15) is 0 Å². The van der Waals surface area contributed by atoms with Crippen molar-refractivity contribution in [3.63, 3.8) is 0 Å². The van der Waals surface area contributed by atoms with Crippen LogP contribution in [-0.4, -0.2) is 23.5 Å². The van der Waals surface area contributed by atoms with Crippen LogP contribution >= 0.6 is 0 Å². The lowest BCUT2D eigenvalue weighted by Crippen LogP contribution is -2.14. The molecule has 0 bridgehead atoms. The number of carboxylic acid groups (broad SMARTS) is 1. The molecule has 2 rings (SSSR count). The fourth-order valence-corrected chi connectivity index (χ4v) is 1.91. The lowest BCUT2D eigenvalue weighted by Gasteiger charge is -2.08. The van der Waals surface area contributed by atoms with Gasteiger partial charge >= 0.3 is 5.97 Å². The molecule has 0 aromatic heterocycles. The minimum absolute atomic E-state index is 0.0293. The van der Waals surface area contributed by atoms with Crippen molar-refractivity contribution in [2.45, 2.75) is 6.61 Å². The summed E-state index contributed by atoms with van der Waals surface area (Å²) in [6.45, 7) is 0.160. The zero-order valence-electron chi connectivity index (χ0n) is 11.3. The average molecular weight is 285 g/mol. The van der Waals surface area contributed by atoms with Gasteiger partial charge in [0.1, 0.15) is 6.61 Å². The zero-order valence-corrected chi connectivity index (χ0v) is 11.3. The van der Waals surface area contributed by atoms with Crippen molar-refractivity contribution in [3.8, 4) is 0 Å². The minimum atomic E-state index is -1.16. The molecule has 108 valence electrons. The number of hydrogen-bond donors (Lipinski definition) is 2. The topological polar surface area (TPSA) is 89.6 Å². The zero-order chi connectivity index (χ0) is 15.2. The number of hydrogen-bond acceptors (Lipinski definition) is 4. The van der Waals surface area contributed by atoms with Crippen molar-refractivity contribution >= 4 is 17.4 Å². The summed E-state index contributed by atoms with van der Waals surface area (Å²) in [6.07, 6.45) is 0. The third-order valence-corrected chi connectivity index (χ3v) is 2.98. The predicted octanol–water partition coefficient (Wildman–Crippen LogP) is 2.37. The number of carbonyl (C=O) groups is 2. The molecule has 5 heteroatoms. The van der Waals surface area contributed by atoms with Gasteiger partial charge in [0.25, 0.3) is 0 Å². The van der Waals surface area contributed by atoms with Crippen LogP contribution in [0.1, 0.15) is 26.3 Å². The van der Waals surface area contributed by atoms with E-state index in [9.17, 15) is 9.59 Å². The highest BCUT2D eigenvalue weighted by molar-refractivity contribution is 6.06. The Balaban J connectivity index is 2.01. The third kappa shape index (κ3) is 3.67. The second-order valence-corrected chi connectivity index (χ2v) is 4.47. The molecule has 0 radical (unpaired) electrons. The van der Waals surface area contributed by atoms with E-state index in [1.54, 1.807) is 0 Å². The Kier molecular flexibility index (Phi) is 4.68. The molecule has 0 saturated heterocycles. The molecule has 5 nitrogen and oxygen atoms in total. The molecule has 0 aliphatic rings. The van der Waals surface area contributed by atoms with Gasteiger partial charge in [0.05, 0.1) is 17.9 Å². The van der Waals surface area contributed by atoms with E-state index in [1.165, 1.54) is 18.2 Å². The molecule has 0 atom stereocenters. The van der Waals surface area contributed by atoms with E-state index in [4.69, 9.17) is 15.6 Å². The van der Waals surface area contributed by atoms with Crippen molar-refractivity contribution < 1.29 is 19.4 Å². The first kappa shape index (κ1) is 14.7. The van der Waals surface area contributed by atoms with Crippen molar-refractivity contribution in [1.82, 2.24) is 0 Å². The van der Waals surface area contributed by atoms with E-state index >= 15 is 0 Å². The summed E-state index contributed by atoms with van der Waals surface area (Å²) < 4.78 is 5.34. The second-order valence-electron chi connectivity index (χ2n) is 4.47. The number of carbonyl (C=O) groups excluding carboxylic acids is 1. The Labute approximate surface area is 122 Å². The molecule has 0 spiro atoms. The number of para-hydroxylation sites is 1. The average Bonchev–Trinajstić information content (AvgIpc) is 2.48. The van der Waals surface area contributed by atoms with Crippen molar-refractivity contribution in [2.75, 3.05) is 12.3 Å². The number of ether oxygens (including phenoxy) is 1. The maximum Gasteiger partial charge on any atom is 0.337 e. The van der Waals surface area contributed by atoms with Crippen LogP contribution in [-0.2, 0) is 11.3 Å². The Morgan fingerprint density at radius 2 is 1.67 bits per heavy atom. The lowest BCUT2D eigenvalue weighted by molar-refractivity contribution is 0.0698. The molecule has 0 heterocycles. The van der Waals surface area contributed by atoms with Gasteiger partial charge in [-0.25, -0.2) is 4.79 Å². The van der Waals surface area contributed by atoms with Crippen LogP contribution in [0.2, 0.25) is 0 Å². The van der Waals surface area contributed by atoms with Gasteiger partial charge in [-0.1, -0.05) is 36.4 Å². The van der Waals surface area contributed by atoms with Crippen LogP contribution in [0.5, 0.6) is 0 Å². The highest BCUT2D eigenvalue weighted by Crippen LogP contribution is 2.18. The molecule has 2 aromatic carbocycles. The lowest BCUT2D eigenvalue weighted by atomic mass is 10.0. The van der Waals surface area contributed by atoms with Gasteiger partial charge in [-0.05, 0) is 17.7 Å². The quantitative estimate of drug-likeness (QED) is 0.628. The van der Waals surface area contributed by atoms with E-state index in [1.807, 2.05) is 30.3 Å². The van der Waals surface area contributed by atoms with Crippen molar-refractivity contribution in [1.29, 1.82) is 0 Å². The molecule has 0 unspecified atom stereocenters. The summed E-state index contributed by atoms with van der Waals surface area (Å²) in [6, 6.07) is 13.8. The first-order valence-electron chi connectivity index (χ1n) is 6.36. The molecule has 0 amide bonds. The van der Waals surface area contributed by atoms with Crippen LogP contribution < -0.4 is 5.73 Å². The molecule has 0 fully saturated rings. The van der Waals surface area contributed by atoms with Gasteiger partial charge in [-0.15, -0.1) is 0 Å². The van der Waals surface area contributed by atoms with Gasteiger partial charge < -0.3 is 15.6 Å². The van der Waals surface area contributed by atoms with Crippen molar-refractivity contribution in [2.24, 2.45) is 0 Å². The Morgan fingerprint density at radius 3 is 2.33 bits per heavy atom. The number of rotatable bonds is 6. The molecule has 21 heavy (non-hydrogen) atoms. The summed E-state index contributed by atoms with van der Waals surface area (Å²) in [5.74, 6) is -1.50. The number of ketones is 1. The minimum Gasteiger partial charge on any atom is -0.478 e. The van der Waals surface area contributed by atoms with Crippen LogP contribution in [0.25, 0.3) is 0 Å². The van der Waals surface area contributed by atoms with Crippen molar-refractivity contribution in [3.05, 3.63) is 65.2 Å². The van der Waals surface area contributed by atoms with Crippen LogP contribution in [0.15, 0.2) is 48.5 Å². The van der Waals surface area contributed by atoms with E-state index in [0.29, 0.717) is 6.61 Å². The number of anilines is 1. The molecule has 0 saturated carbocycles.